The van der Waals surface area contributed by atoms with E-state index in [1.165, 1.54) is 23.3 Å². The molecule has 0 unspecified atom stereocenters. The van der Waals surface area contributed by atoms with E-state index in [4.69, 9.17) is 11.6 Å². The van der Waals surface area contributed by atoms with Crippen molar-refractivity contribution in [2.45, 2.75) is 15.9 Å². The molecule has 3 heterocycles. The van der Waals surface area contributed by atoms with Crippen LogP contribution >= 0.6 is 34.9 Å². The minimum absolute atomic E-state index is 0.210. The molecule has 0 aromatic carbocycles. The summed E-state index contributed by atoms with van der Waals surface area (Å²) in [5.74, 6) is 0.689. The highest BCUT2D eigenvalue weighted by atomic mass is 35.5. The highest BCUT2D eigenvalue weighted by Gasteiger charge is 2.19. The van der Waals surface area contributed by atoms with Gasteiger partial charge in [0.15, 0.2) is 16.1 Å². The lowest BCUT2D eigenvalue weighted by atomic mass is 10.3. The number of hydrogen-bond acceptors (Lipinski definition) is 7. The Bertz CT molecular complexity index is 881. The fourth-order valence-electron chi connectivity index (χ4n) is 1.87. The number of aromatic nitrogens is 5. The van der Waals surface area contributed by atoms with Gasteiger partial charge in [-0.2, -0.15) is 9.64 Å². The third kappa shape index (κ3) is 3.12. The van der Waals surface area contributed by atoms with Gasteiger partial charge >= 0.3 is 0 Å². The summed E-state index contributed by atoms with van der Waals surface area (Å²) in [5.41, 5.74) is 1.22. The normalized spacial score (nSPS) is 10.4. The van der Waals surface area contributed by atoms with Gasteiger partial charge in [0.2, 0.25) is 0 Å². The van der Waals surface area contributed by atoms with Crippen LogP contribution in [0.2, 0.25) is 5.15 Å². The molecule has 3 aromatic rings. The van der Waals surface area contributed by atoms with Crippen LogP contribution in [-0.4, -0.2) is 24.1 Å². The summed E-state index contributed by atoms with van der Waals surface area (Å²) in [6.45, 7) is 4.31. The van der Waals surface area contributed by atoms with Crippen LogP contribution in [0.5, 0.6) is 0 Å². The molecule has 23 heavy (non-hydrogen) atoms. The van der Waals surface area contributed by atoms with Crippen LogP contribution in [-0.2, 0) is 6.54 Å². The summed E-state index contributed by atoms with van der Waals surface area (Å²) in [6.07, 6.45) is 5.19. The molecule has 0 aliphatic heterocycles. The Morgan fingerprint density at radius 1 is 1.48 bits per heavy atom. The zero-order valence-corrected chi connectivity index (χ0v) is 14.1. The van der Waals surface area contributed by atoms with Gasteiger partial charge < -0.3 is 0 Å². The fourth-order valence-corrected chi connectivity index (χ4v) is 3.96. The lowest BCUT2D eigenvalue weighted by Gasteiger charge is -2.06. The van der Waals surface area contributed by atoms with Gasteiger partial charge in [0.1, 0.15) is 15.8 Å². The van der Waals surface area contributed by atoms with E-state index in [2.05, 4.69) is 32.2 Å². The Hall–Kier alpha value is -2.21. The number of halogens is 1. The van der Waals surface area contributed by atoms with Crippen molar-refractivity contribution < 1.29 is 0 Å². The predicted octanol–water partition coefficient (Wildman–Crippen LogP) is 3.66. The minimum Gasteiger partial charge on any atom is -0.298 e. The van der Waals surface area contributed by atoms with Gasteiger partial charge in [0, 0.05) is 24.5 Å². The first kappa shape index (κ1) is 15.7. The molecule has 0 saturated carbocycles. The number of rotatable bonds is 5. The molecule has 0 atom stereocenters. The molecule has 3 aromatic heterocycles. The molecule has 0 fully saturated rings. The van der Waals surface area contributed by atoms with Crippen molar-refractivity contribution in [1.82, 2.24) is 24.1 Å². The second-order valence-corrected chi connectivity index (χ2v) is 6.66. The number of nitrogens with zero attached hydrogens (tertiary/aromatic N) is 6. The molecule has 0 saturated heterocycles. The van der Waals surface area contributed by atoms with Crippen molar-refractivity contribution in [3.05, 3.63) is 47.9 Å². The second-order valence-electron chi connectivity index (χ2n) is 4.30. The largest absolute Gasteiger partial charge is 0.298 e. The Balaban J connectivity index is 2.02. The van der Waals surface area contributed by atoms with E-state index in [0.29, 0.717) is 27.3 Å². The Kier molecular flexibility index (Phi) is 4.71. The third-order valence-corrected chi connectivity index (χ3v) is 5.23. The van der Waals surface area contributed by atoms with Crippen molar-refractivity contribution in [2.75, 3.05) is 0 Å². The molecule has 3 rings (SSSR count). The number of nitriles is 1. The van der Waals surface area contributed by atoms with Crippen LogP contribution in [0.15, 0.2) is 46.5 Å². The lowest BCUT2D eigenvalue weighted by Crippen LogP contribution is -2.00. The van der Waals surface area contributed by atoms with Crippen molar-refractivity contribution in [3.8, 4) is 17.5 Å². The number of allylic oxidation sites excluding steroid dienone is 1. The molecule has 0 bridgehead atoms. The van der Waals surface area contributed by atoms with Crippen molar-refractivity contribution >= 4 is 34.9 Å². The van der Waals surface area contributed by atoms with E-state index >= 15 is 0 Å². The molecule has 0 radical (unpaired) electrons. The molecular weight excluding hydrogens is 352 g/mol. The average molecular weight is 361 g/mol. The Labute approximate surface area is 145 Å². The van der Waals surface area contributed by atoms with Gasteiger partial charge in [-0.3, -0.25) is 9.55 Å². The van der Waals surface area contributed by atoms with E-state index in [-0.39, 0.29) is 5.15 Å². The summed E-state index contributed by atoms with van der Waals surface area (Å²) in [4.78, 5) is 4.10. The first-order valence-electron chi connectivity index (χ1n) is 6.42. The summed E-state index contributed by atoms with van der Waals surface area (Å²) in [6, 6.07) is 5.81. The van der Waals surface area contributed by atoms with E-state index in [9.17, 15) is 5.26 Å². The smallest absolute Gasteiger partial charge is 0.197 e. The Morgan fingerprint density at radius 3 is 3.04 bits per heavy atom. The highest BCUT2D eigenvalue weighted by Crippen LogP contribution is 2.36. The van der Waals surface area contributed by atoms with E-state index in [0.717, 1.165) is 5.56 Å². The van der Waals surface area contributed by atoms with Gasteiger partial charge in [-0.15, -0.1) is 16.8 Å². The van der Waals surface area contributed by atoms with Crippen molar-refractivity contribution in [1.29, 1.82) is 5.26 Å². The Morgan fingerprint density at radius 2 is 2.35 bits per heavy atom. The minimum atomic E-state index is 0.210. The maximum absolute atomic E-state index is 9.17. The van der Waals surface area contributed by atoms with Gasteiger partial charge in [-0.25, -0.2) is 0 Å². The molecule has 114 valence electrons. The fraction of sp³-hybridized carbons (Fsp3) is 0.0714. The highest BCUT2D eigenvalue weighted by molar-refractivity contribution is 8.01. The molecule has 6 nitrogen and oxygen atoms in total. The SMILES string of the molecule is C=CCn1c(Sc2snc(Cl)c2C#N)nnc1-c1cccnc1. The van der Waals surface area contributed by atoms with E-state index in [1.807, 2.05) is 16.7 Å². The van der Waals surface area contributed by atoms with Crippen LogP contribution < -0.4 is 0 Å². The average Bonchev–Trinajstić information content (AvgIpc) is 3.13. The first-order chi connectivity index (χ1) is 11.2. The van der Waals surface area contributed by atoms with Crippen LogP contribution in [0.3, 0.4) is 0 Å². The zero-order valence-electron chi connectivity index (χ0n) is 11.7. The quantitative estimate of drug-likeness (QED) is 0.646. The summed E-state index contributed by atoms with van der Waals surface area (Å²) in [5, 5.41) is 18.5. The molecule has 9 heteroatoms. The monoisotopic (exact) mass is 360 g/mol. The van der Waals surface area contributed by atoms with Crippen LogP contribution in [0.25, 0.3) is 11.4 Å². The van der Waals surface area contributed by atoms with Crippen molar-refractivity contribution in [2.24, 2.45) is 0 Å². The maximum Gasteiger partial charge on any atom is 0.197 e. The van der Waals surface area contributed by atoms with Crippen LogP contribution in [0.1, 0.15) is 5.56 Å². The van der Waals surface area contributed by atoms with E-state index < -0.39 is 0 Å². The topological polar surface area (TPSA) is 80.3 Å². The zero-order chi connectivity index (χ0) is 16.2. The van der Waals surface area contributed by atoms with E-state index in [1.54, 1.807) is 18.5 Å². The molecule has 0 aliphatic rings. The summed E-state index contributed by atoms with van der Waals surface area (Å²) >= 11 is 8.39. The molecule has 0 amide bonds. The maximum atomic E-state index is 9.17. The third-order valence-electron chi connectivity index (χ3n) is 2.86. The first-order valence-corrected chi connectivity index (χ1v) is 8.39. The molecular formula is C14H9ClN6S2. The van der Waals surface area contributed by atoms with Gasteiger partial charge in [-0.05, 0) is 35.4 Å². The number of pyridine rings is 1. The van der Waals surface area contributed by atoms with Gasteiger partial charge in [0.05, 0.1) is 0 Å². The molecule has 0 N–H and O–H groups in total. The van der Waals surface area contributed by atoms with Gasteiger partial charge in [-0.1, -0.05) is 17.7 Å². The van der Waals surface area contributed by atoms with Gasteiger partial charge in [0.25, 0.3) is 0 Å². The lowest BCUT2D eigenvalue weighted by molar-refractivity contribution is 0.731. The summed E-state index contributed by atoms with van der Waals surface area (Å²) < 4.78 is 6.59. The standard InChI is InChI=1S/C14H9ClN6S2/c1-2-6-21-12(9-4-3-5-17-8-9)18-19-14(21)22-13-10(7-16)11(15)20-23-13/h2-5,8H,1,6H2. The number of hydrogen-bond donors (Lipinski definition) is 0. The van der Waals surface area contributed by atoms with Crippen molar-refractivity contribution in [3.63, 3.8) is 0 Å². The molecule has 0 aliphatic carbocycles. The van der Waals surface area contributed by atoms with Crippen LogP contribution in [0, 0.1) is 11.3 Å². The summed E-state index contributed by atoms with van der Waals surface area (Å²) in [7, 11) is 0. The molecule has 0 spiro atoms. The van der Waals surface area contributed by atoms with Crippen LogP contribution in [0.4, 0.5) is 0 Å². The second kappa shape index (κ2) is 6.91. The predicted molar refractivity (Wildman–Crippen MR) is 89.4 cm³/mol.